The fourth-order valence-electron chi connectivity index (χ4n) is 2.56. The van der Waals surface area contributed by atoms with Gasteiger partial charge in [0.2, 0.25) is 0 Å². The van der Waals surface area contributed by atoms with Crippen LogP contribution < -0.4 is 10.2 Å². The molecule has 1 aromatic heterocycles. The smallest absolute Gasteiger partial charge is 0.185 e. The number of hydrogen-bond donors (Lipinski definition) is 1. The van der Waals surface area contributed by atoms with Gasteiger partial charge in [-0.2, -0.15) is 0 Å². The molecule has 4 heteroatoms. The van der Waals surface area contributed by atoms with Crippen molar-refractivity contribution < 1.29 is 0 Å². The van der Waals surface area contributed by atoms with Crippen LogP contribution in [-0.4, -0.2) is 25.1 Å². The Morgan fingerprint density at radius 1 is 1.41 bits per heavy atom. The van der Waals surface area contributed by atoms with Crippen LogP contribution in [0.25, 0.3) is 0 Å². The van der Waals surface area contributed by atoms with Gasteiger partial charge in [0.1, 0.15) is 0 Å². The van der Waals surface area contributed by atoms with E-state index in [2.05, 4.69) is 17.1 Å². The Morgan fingerprint density at radius 2 is 2.24 bits per heavy atom. The van der Waals surface area contributed by atoms with Gasteiger partial charge in [-0.3, -0.25) is 0 Å². The quantitative estimate of drug-likeness (QED) is 0.891. The lowest BCUT2D eigenvalue weighted by Gasteiger charge is -2.13. The highest BCUT2D eigenvalue weighted by molar-refractivity contribution is 7.15. The van der Waals surface area contributed by atoms with Crippen molar-refractivity contribution in [2.24, 2.45) is 5.92 Å². The molecule has 0 bridgehead atoms. The molecule has 0 radical (unpaired) electrons. The van der Waals surface area contributed by atoms with Crippen LogP contribution in [0.1, 0.15) is 42.7 Å². The molecule has 0 aromatic carbocycles. The average molecular weight is 251 g/mol. The Labute approximate surface area is 107 Å². The molecular weight excluding hydrogens is 230 g/mol. The molecule has 3 rings (SSSR count). The Hall–Kier alpha value is -0.610. The van der Waals surface area contributed by atoms with Crippen molar-refractivity contribution in [2.75, 3.05) is 25.0 Å². The molecule has 17 heavy (non-hydrogen) atoms. The van der Waals surface area contributed by atoms with E-state index in [0.717, 1.165) is 18.4 Å². The van der Waals surface area contributed by atoms with Gasteiger partial charge in [-0.1, -0.05) is 6.92 Å². The second-order valence-electron chi connectivity index (χ2n) is 5.45. The van der Waals surface area contributed by atoms with Crippen molar-refractivity contribution in [3.05, 3.63) is 10.6 Å². The minimum absolute atomic E-state index is 0.767. The lowest BCUT2D eigenvalue weighted by Crippen LogP contribution is -2.18. The van der Waals surface area contributed by atoms with Crippen molar-refractivity contribution in [1.29, 1.82) is 0 Å². The van der Waals surface area contributed by atoms with Gasteiger partial charge in [-0.15, -0.1) is 11.3 Å². The summed E-state index contributed by atoms with van der Waals surface area (Å²) in [6.07, 6.45) is 4.01. The first-order chi connectivity index (χ1) is 8.28. The second kappa shape index (κ2) is 4.58. The number of thiazole rings is 1. The lowest BCUT2D eigenvalue weighted by atomic mass is 10.2. The first-order valence-corrected chi connectivity index (χ1v) is 7.48. The molecule has 0 amide bonds. The van der Waals surface area contributed by atoms with Crippen LogP contribution >= 0.6 is 11.3 Å². The largest absolute Gasteiger partial charge is 0.348 e. The van der Waals surface area contributed by atoms with Crippen LogP contribution in [0.4, 0.5) is 5.13 Å². The summed E-state index contributed by atoms with van der Waals surface area (Å²) >= 11 is 1.90. The Balaban J connectivity index is 1.82. The number of hydrogen-bond acceptors (Lipinski definition) is 4. The second-order valence-corrected chi connectivity index (χ2v) is 6.51. The van der Waals surface area contributed by atoms with Crippen LogP contribution in [0.15, 0.2) is 0 Å². The van der Waals surface area contributed by atoms with Gasteiger partial charge >= 0.3 is 0 Å². The predicted molar refractivity (Wildman–Crippen MR) is 72.8 cm³/mol. The molecule has 1 saturated heterocycles. The van der Waals surface area contributed by atoms with Gasteiger partial charge in [-0.05, 0) is 32.2 Å². The van der Waals surface area contributed by atoms with E-state index in [1.165, 1.54) is 48.1 Å². The van der Waals surface area contributed by atoms with E-state index in [9.17, 15) is 0 Å². The number of rotatable bonds is 4. The monoisotopic (exact) mass is 251 g/mol. The molecule has 1 aliphatic heterocycles. The normalized spacial score (nSPS) is 24.6. The topological polar surface area (TPSA) is 28.2 Å². The predicted octanol–water partition coefficient (Wildman–Crippen LogP) is 2.59. The highest BCUT2D eigenvalue weighted by Gasteiger charge is 2.31. The molecule has 2 heterocycles. The van der Waals surface area contributed by atoms with Crippen LogP contribution in [-0.2, 0) is 6.54 Å². The Kier molecular flexibility index (Phi) is 3.09. The SMILES string of the molecule is CNCc1sc(N2CCC(C)C2)nc1C1CC1. The Bertz CT molecular complexity index is 397. The minimum atomic E-state index is 0.767. The zero-order valence-corrected chi connectivity index (χ0v) is 11.5. The third kappa shape index (κ3) is 2.33. The summed E-state index contributed by atoms with van der Waals surface area (Å²) in [7, 11) is 2.02. The molecular formula is C13H21N3S. The van der Waals surface area contributed by atoms with Gasteiger partial charge < -0.3 is 10.2 Å². The van der Waals surface area contributed by atoms with E-state index in [4.69, 9.17) is 4.98 Å². The molecule has 3 nitrogen and oxygen atoms in total. The molecule has 1 N–H and O–H groups in total. The molecule has 2 aliphatic rings. The van der Waals surface area contributed by atoms with Crippen molar-refractivity contribution in [3.8, 4) is 0 Å². The summed E-state index contributed by atoms with van der Waals surface area (Å²) in [5, 5.41) is 4.54. The van der Waals surface area contributed by atoms with Gasteiger partial charge in [0.15, 0.2) is 5.13 Å². The van der Waals surface area contributed by atoms with Gasteiger partial charge in [0, 0.05) is 30.4 Å². The molecule has 0 spiro atoms. The van der Waals surface area contributed by atoms with Crippen LogP contribution in [0.5, 0.6) is 0 Å². The van der Waals surface area contributed by atoms with E-state index in [-0.39, 0.29) is 0 Å². The maximum atomic E-state index is 4.91. The minimum Gasteiger partial charge on any atom is -0.348 e. The summed E-state index contributed by atoms with van der Waals surface area (Å²) < 4.78 is 0. The highest BCUT2D eigenvalue weighted by atomic mass is 32.1. The standard InChI is InChI=1S/C13H21N3S/c1-9-5-6-16(8-9)13-15-12(10-3-4-10)11(17-13)7-14-2/h9-10,14H,3-8H2,1-2H3. The molecule has 1 unspecified atom stereocenters. The maximum absolute atomic E-state index is 4.91. The van der Waals surface area contributed by atoms with E-state index in [1.54, 1.807) is 0 Å². The summed E-state index contributed by atoms with van der Waals surface area (Å²) in [5.74, 6) is 1.60. The van der Waals surface area contributed by atoms with Crippen molar-refractivity contribution in [3.63, 3.8) is 0 Å². The molecule has 1 aliphatic carbocycles. The fourth-order valence-corrected chi connectivity index (χ4v) is 3.75. The zero-order chi connectivity index (χ0) is 11.8. The first-order valence-electron chi connectivity index (χ1n) is 6.67. The summed E-state index contributed by atoms with van der Waals surface area (Å²) in [4.78, 5) is 8.85. The first kappa shape index (κ1) is 11.5. The maximum Gasteiger partial charge on any atom is 0.185 e. The van der Waals surface area contributed by atoms with Gasteiger partial charge in [0.05, 0.1) is 5.69 Å². The third-order valence-corrected chi connectivity index (χ3v) is 4.84. The van der Waals surface area contributed by atoms with Crippen LogP contribution in [0.3, 0.4) is 0 Å². The number of nitrogens with zero attached hydrogens (tertiary/aromatic N) is 2. The lowest BCUT2D eigenvalue weighted by molar-refractivity contribution is 0.659. The van der Waals surface area contributed by atoms with Crippen molar-refractivity contribution >= 4 is 16.5 Å². The molecule has 1 aromatic rings. The number of nitrogens with one attached hydrogen (secondary N) is 1. The number of anilines is 1. The average Bonchev–Trinajstić information content (AvgIpc) is 2.93. The summed E-state index contributed by atoms with van der Waals surface area (Å²) in [6, 6.07) is 0. The molecule has 2 fully saturated rings. The van der Waals surface area contributed by atoms with E-state index >= 15 is 0 Å². The van der Waals surface area contributed by atoms with Crippen molar-refractivity contribution in [1.82, 2.24) is 10.3 Å². The fraction of sp³-hybridized carbons (Fsp3) is 0.769. The Morgan fingerprint density at radius 3 is 2.82 bits per heavy atom. The zero-order valence-electron chi connectivity index (χ0n) is 10.7. The summed E-state index contributed by atoms with van der Waals surface area (Å²) in [5.41, 5.74) is 1.39. The van der Waals surface area contributed by atoms with Crippen molar-refractivity contribution in [2.45, 2.75) is 38.6 Å². The van der Waals surface area contributed by atoms with Gasteiger partial charge in [-0.25, -0.2) is 4.98 Å². The highest BCUT2D eigenvalue weighted by Crippen LogP contribution is 2.44. The van der Waals surface area contributed by atoms with Crippen LogP contribution in [0.2, 0.25) is 0 Å². The molecule has 1 saturated carbocycles. The van der Waals surface area contributed by atoms with Crippen LogP contribution in [0, 0.1) is 5.92 Å². The molecule has 1 atom stereocenters. The van der Waals surface area contributed by atoms with E-state index in [0.29, 0.717) is 0 Å². The van der Waals surface area contributed by atoms with E-state index in [1.807, 2.05) is 18.4 Å². The molecule has 94 valence electrons. The van der Waals surface area contributed by atoms with E-state index < -0.39 is 0 Å². The third-order valence-electron chi connectivity index (χ3n) is 3.71. The van der Waals surface area contributed by atoms with Gasteiger partial charge in [0.25, 0.3) is 0 Å². The number of aromatic nitrogens is 1. The summed E-state index contributed by atoms with van der Waals surface area (Å²) in [6.45, 7) is 5.70.